The molecule has 0 bridgehead atoms. The van der Waals surface area contributed by atoms with Gasteiger partial charge in [-0.25, -0.2) is 12.7 Å². The molecule has 8 heteroatoms. The number of primary amides is 1. The third-order valence-corrected chi connectivity index (χ3v) is 6.63. The molecule has 0 aliphatic carbocycles. The van der Waals surface area contributed by atoms with Crippen LogP contribution in [0, 0.1) is 5.92 Å². The number of amides is 2. The number of carbonyl (C=O) groups excluding carboxylic acids is 2. The fourth-order valence-corrected chi connectivity index (χ4v) is 4.76. The number of unbranched alkanes of at least 4 members (excludes halogenated alkanes) is 1. The van der Waals surface area contributed by atoms with Crippen molar-refractivity contribution in [1.82, 2.24) is 9.62 Å². The van der Waals surface area contributed by atoms with Crippen LogP contribution in [-0.4, -0.2) is 43.4 Å². The van der Waals surface area contributed by atoms with E-state index in [2.05, 4.69) is 5.32 Å². The van der Waals surface area contributed by atoms with Crippen LogP contribution in [0.5, 0.6) is 0 Å². The Kier molecular flexibility index (Phi) is 7.16. The Hall–Kier alpha value is -1.93. The van der Waals surface area contributed by atoms with Gasteiger partial charge < -0.3 is 11.1 Å². The maximum absolute atomic E-state index is 12.5. The molecule has 1 atom stereocenters. The molecule has 1 unspecified atom stereocenters. The van der Waals surface area contributed by atoms with E-state index < -0.39 is 22.0 Å². The predicted octanol–water partition coefficient (Wildman–Crippen LogP) is 1.17. The van der Waals surface area contributed by atoms with E-state index in [4.69, 9.17) is 5.73 Å². The van der Waals surface area contributed by atoms with Gasteiger partial charge in [-0.3, -0.25) is 9.59 Å². The summed E-state index contributed by atoms with van der Waals surface area (Å²) in [5, 5.41) is 2.71. The number of nitrogens with one attached hydrogen (secondary N) is 1. The van der Waals surface area contributed by atoms with Gasteiger partial charge in [-0.2, -0.15) is 0 Å². The number of carbonyl (C=O) groups is 2. The smallest absolute Gasteiger partial charge is 0.244 e. The minimum atomic E-state index is -3.25. The standard InChI is InChI=1S/C18H27N3O4S/c1-2-3-13-26(24,25)21-11-9-15(10-12-21)18(23)20-16(17(19)22)14-7-5-4-6-8-14/h4-8,15-16H,2-3,9-13H2,1H3,(H2,19,22)(H,20,23). The number of sulfonamides is 1. The molecule has 1 aliphatic rings. The molecule has 1 aromatic carbocycles. The van der Waals surface area contributed by atoms with E-state index in [0.29, 0.717) is 37.9 Å². The molecule has 1 fully saturated rings. The molecule has 144 valence electrons. The van der Waals surface area contributed by atoms with Gasteiger partial charge in [-0.05, 0) is 24.8 Å². The maximum Gasteiger partial charge on any atom is 0.244 e. The minimum absolute atomic E-state index is 0.151. The molecule has 1 saturated heterocycles. The normalized spacial score (nSPS) is 17.6. The van der Waals surface area contributed by atoms with Crippen molar-refractivity contribution in [3.8, 4) is 0 Å². The summed E-state index contributed by atoms with van der Waals surface area (Å²) in [5.41, 5.74) is 6.06. The van der Waals surface area contributed by atoms with Crippen LogP contribution in [0.1, 0.15) is 44.2 Å². The van der Waals surface area contributed by atoms with E-state index in [1.54, 1.807) is 24.3 Å². The molecule has 1 aliphatic heterocycles. The lowest BCUT2D eigenvalue weighted by Gasteiger charge is -2.31. The van der Waals surface area contributed by atoms with Crippen molar-refractivity contribution in [3.05, 3.63) is 35.9 Å². The Morgan fingerprint density at radius 2 is 1.85 bits per heavy atom. The van der Waals surface area contributed by atoms with Crippen molar-refractivity contribution in [2.45, 2.75) is 38.6 Å². The topological polar surface area (TPSA) is 110 Å². The van der Waals surface area contributed by atoms with E-state index in [0.717, 1.165) is 6.42 Å². The van der Waals surface area contributed by atoms with Gasteiger partial charge in [-0.1, -0.05) is 43.7 Å². The first kappa shape index (κ1) is 20.4. The molecule has 26 heavy (non-hydrogen) atoms. The highest BCUT2D eigenvalue weighted by Crippen LogP contribution is 2.22. The highest BCUT2D eigenvalue weighted by Gasteiger charge is 2.32. The predicted molar refractivity (Wildman–Crippen MR) is 99.5 cm³/mol. The van der Waals surface area contributed by atoms with Crippen LogP contribution in [0.4, 0.5) is 0 Å². The number of hydrogen-bond acceptors (Lipinski definition) is 4. The van der Waals surface area contributed by atoms with Crippen LogP contribution in [-0.2, 0) is 19.6 Å². The first-order valence-corrected chi connectivity index (χ1v) is 10.6. The zero-order valence-corrected chi connectivity index (χ0v) is 15.9. The second kappa shape index (κ2) is 9.14. The summed E-state index contributed by atoms with van der Waals surface area (Å²) in [6.45, 7) is 2.61. The lowest BCUT2D eigenvalue weighted by Crippen LogP contribution is -2.46. The van der Waals surface area contributed by atoms with Crippen LogP contribution in [0.15, 0.2) is 30.3 Å². The second-order valence-corrected chi connectivity index (χ2v) is 8.69. The summed E-state index contributed by atoms with van der Waals surface area (Å²) in [4.78, 5) is 24.2. The van der Waals surface area contributed by atoms with Gasteiger partial charge in [0, 0.05) is 19.0 Å². The largest absolute Gasteiger partial charge is 0.368 e. The fraction of sp³-hybridized carbons (Fsp3) is 0.556. The molecule has 2 amide bonds. The third-order valence-electron chi connectivity index (χ3n) is 4.68. The first-order valence-electron chi connectivity index (χ1n) is 8.97. The average Bonchev–Trinajstić information content (AvgIpc) is 2.65. The number of nitrogens with zero attached hydrogens (tertiary/aromatic N) is 1. The Balaban J connectivity index is 1.94. The summed E-state index contributed by atoms with van der Waals surface area (Å²) in [7, 11) is -3.25. The van der Waals surface area contributed by atoms with E-state index in [1.165, 1.54) is 4.31 Å². The lowest BCUT2D eigenvalue weighted by molar-refractivity contribution is -0.130. The summed E-state index contributed by atoms with van der Waals surface area (Å²) >= 11 is 0. The highest BCUT2D eigenvalue weighted by atomic mass is 32.2. The van der Waals surface area contributed by atoms with Crippen LogP contribution < -0.4 is 11.1 Å². The van der Waals surface area contributed by atoms with Crippen molar-refractivity contribution in [2.75, 3.05) is 18.8 Å². The number of piperidine rings is 1. The average molecular weight is 381 g/mol. The lowest BCUT2D eigenvalue weighted by atomic mass is 9.96. The summed E-state index contributed by atoms with van der Waals surface area (Å²) in [6.07, 6.45) is 2.35. The van der Waals surface area contributed by atoms with Crippen LogP contribution in [0.3, 0.4) is 0 Å². The molecule has 1 aromatic rings. The van der Waals surface area contributed by atoms with E-state index in [-0.39, 0.29) is 17.6 Å². The Labute approximate surface area is 155 Å². The van der Waals surface area contributed by atoms with Gasteiger partial charge in [0.25, 0.3) is 0 Å². The van der Waals surface area contributed by atoms with Gasteiger partial charge in [0.05, 0.1) is 5.75 Å². The number of benzene rings is 1. The first-order chi connectivity index (χ1) is 12.3. The van der Waals surface area contributed by atoms with Crippen LogP contribution in [0.2, 0.25) is 0 Å². The van der Waals surface area contributed by atoms with Gasteiger partial charge in [-0.15, -0.1) is 0 Å². The SMILES string of the molecule is CCCCS(=O)(=O)N1CCC(C(=O)NC(C(N)=O)c2ccccc2)CC1. The maximum atomic E-state index is 12.5. The highest BCUT2D eigenvalue weighted by molar-refractivity contribution is 7.89. The van der Waals surface area contributed by atoms with E-state index >= 15 is 0 Å². The van der Waals surface area contributed by atoms with Crippen molar-refractivity contribution >= 4 is 21.8 Å². The summed E-state index contributed by atoms with van der Waals surface area (Å²) < 4.78 is 25.9. The zero-order valence-electron chi connectivity index (χ0n) is 15.1. The monoisotopic (exact) mass is 381 g/mol. The molecule has 0 aromatic heterocycles. The van der Waals surface area contributed by atoms with Crippen LogP contribution in [0.25, 0.3) is 0 Å². The molecule has 0 saturated carbocycles. The number of rotatable bonds is 8. The molecule has 0 radical (unpaired) electrons. The van der Waals surface area contributed by atoms with E-state index in [9.17, 15) is 18.0 Å². The van der Waals surface area contributed by atoms with Crippen molar-refractivity contribution in [2.24, 2.45) is 11.7 Å². The quantitative estimate of drug-likeness (QED) is 0.704. The third kappa shape index (κ3) is 5.28. The number of hydrogen-bond donors (Lipinski definition) is 2. The molecular formula is C18H27N3O4S. The second-order valence-electron chi connectivity index (χ2n) is 6.60. The zero-order chi connectivity index (χ0) is 19.2. The number of nitrogens with two attached hydrogens (primary N) is 1. The van der Waals surface area contributed by atoms with Crippen molar-refractivity contribution in [3.63, 3.8) is 0 Å². The molecule has 7 nitrogen and oxygen atoms in total. The fourth-order valence-electron chi connectivity index (χ4n) is 3.08. The molecule has 2 rings (SSSR count). The summed E-state index contributed by atoms with van der Waals surface area (Å²) in [6, 6.07) is 7.96. The molecule has 3 N–H and O–H groups in total. The van der Waals surface area contributed by atoms with Gasteiger partial charge >= 0.3 is 0 Å². The minimum Gasteiger partial charge on any atom is -0.368 e. The molecule has 0 spiro atoms. The van der Waals surface area contributed by atoms with Crippen LogP contribution >= 0.6 is 0 Å². The van der Waals surface area contributed by atoms with Gasteiger partial charge in [0.2, 0.25) is 21.8 Å². The molecular weight excluding hydrogens is 354 g/mol. The van der Waals surface area contributed by atoms with Gasteiger partial charge in [0.1, 0.15) is 6.04 Å². The Morgan fingerprint density at radius 3 is 2.38 bits per heavy atom. The molecule has 1 heterocycles. The Morgan fingerprint density at radius 1 is 1.23 bits per heavy atom. The van der Waals surface area contributed by atoms with Gasteiger partial charge in [0.15, 0.2) is 0 Å². The van der Waals surface area contributed by atoms with Crippen molar-refractivity contribution < 1.29 is 18.0 Å². The van der Waals surface area contributed by atoms with E-state index in [1.807, 2.05) is 13.0 Å². The summed E-state index contributed by atoms with van der Waals surface area (Å²) in [5.74, 6) is -1.05. The Bertz CT molecular complexity index is 713. The van der Waals surface area contributed by atoms with Crippen molar-refractivity contribution in [1.29, 1.82) is 0 Å².